The zero-order chi connectivity index (χ0) is 20.7. The number of rotatable bonds is 4. The molecule has 0 radical (unpaired) electrons. The molecule has 30 heavy (non-hydrogen) atoms. The molecule has 2 aliphatic rings. The van der Waals surface area contributed by atoms with Crippen molar-refractivity contribution in [3.05, 3.63) is 88.4 Å². The van der Waals surface area contributed by atoms with Crippen LogP contribution >= 0.6 is 11.6 Å². The monoisotopic (exact) mass is 420 g/mol. The SMILES string of the molecule is COc1ccc([C@H]2Oc3ccc(Cl)cc3[C@H]3CC(c4cccc(OC)c4)=NN32)cc1. The summed E-state index contributed by atoms with van der Waals surface area (Å²) in [6.07, 6.45) is 0.425. The first kappa shape index (κ1) is 18.8. The molecule has 5 rings (SSSR count). The molecular weight excluding hydrogens is 400 g/mol. The third kappa shape index (κ3) is 3.25. The molecule has 0 spiro atoms. The Morgan fingerprint density at radius 3 is 2.53 bits per heavy atom. The van der Waals surface area contributed by atoms with Crippen LogP contribution in [0.4, 0.5) is 0 Å². The van der Waals surface area contributed by atoms with Crippen molar-refractivity contribution in [2.45, 2.75) is 18.7 Å². The Morgan fingerprint density at radius 2 is 1.77 bits per heavy atom. The van der Waals surface area contributed by atoms with Gasteiger partial charge in [-0.2, -0.15) is 5.10 Å². The lowest BCUT2D eigenvalue weighted by atomic mass is 9.96. The van der Waals surface area contributed by atoms with Crippen LogP contribution in [0, 0.1) is 0 Å². The van der Waals surface area contributed by atoms with E-state index in [0.29, 0.717) is 5.02 Å². The number of methoxy groups -OCH3 is 2. The maximum Gasteiger partial charge on any atom is 0.213 e. The quantitative estimate of drug-likeness (QED) is 0.551. The first-order valence-corrected chi connectivity index (χ1v) is 10.1. The number of hydrogen-bond donors (Lipinski definition) is 0. The highest BCUT2D eigenvalue weighted by atomic mass is 35.5. The molecule has 0 bridgehead atoms. The summed E-state index contributed by atoms with van der Waals surface area (Å²) >= 11 is 6.30. The highest BCUT2D eigenvalue weighted by Crippen LogP contribution is 2.48. The van der Waals surface area contributed by atoms with Crippen LogP contribution in [0.2, 0.25) is 5.02 Å². The highest BCUT2D eigenvalue weighted by molar-refractivity contribution is 6.30. The number of hydrazone groups is 1. The van der Waals surface area contributed by atoms with E-state index >= 15 is 0 Å². The van der Waals surface area contributed by atoms with Gasteiger partial charge in [0.25, 0.3) is 0 Å². The summed E-state index contributed by atoms with van der Waals surface area (Å²) in [5.74, 6) is 2.45. The average molecular weight is 421 g/mol. The minimum Gasteiger partial charge on any atom is -0.497 e. The van der Waals surface area contributed by atoms with Gasteiger partial charge in [0, 0.05) is 28.1 Å². The Kier molecular flexibility index (Phi) is 4.75. The maximum atomic E-state index is 6.38. The largest absolute Gasteiger partial charge is 0.497 e. The molecule has 0 unspecified atom stereocenters. The van der Waals surface area contributed by atoms with Crippen molar-refractivity contribution in [1.82, 2.24) is 5.01 Å². The molecule has 0 aromatic heterocycles. The Balaban J connectivity index is 1.58. The van der Waals surface area contributed by atoms with Gasteiger partial charge in [-0.25, -0.2) is 5.01 Å². The fourth-order valence-corrected chi connectivity index (χ4v) is 4.20. The minimum atomic E-state index is -0.335. The van der Waals surface area contributed by atoms with E-state index in [0.717, 1.165) is 46.1 Å². The van der Waals surface area contributed by atoms with Gasteiger partial charge in [0.1, 0.15) is 17.2 Å². The van der Waals surface area contributed by atoms with Gasteiger partial charge < -0.3 is 14.2 Å². The summed E-state index contributed by atoms with van der Waals surface area (Å²) in [6, 6.07) is 21.7. The molecule has 5 nitrogen and oxygen atoms in total. The van der Waals surface area contributed by atoms with E-state index in [1.165, 1.54) is 0 Å². The lowest BCUT2D eigenvalue weighted by Crippen LogP contribution is -2.33. The number of benzene rings is 3. The van der Waals surface area contributed by atoms with Crippen molar-refractivity contribution >= 4 is 17.3 Å². The zero-order valence-electron chi connectivity index (χ0n) is 16.7. The van der Waals surface area contributed by atoms with Crippen LogP contribution in [-0.2, 0) is 0 Å². The van der Waals surface area contributed by atoms with Crippen molar-refractivity contribution in [3.8, 4) is 17.2 Å². The number of ether oxygens (including phenoxy) is 3. The molecule has 0 amide bonds. The van der Waals surface area contributed by atoms with Gasteiger partial charge in [0.15, 0.2) is 0 Å². The molecule has 2 aliphatic heterocycles. The van der Waals surface area contributed by atoms with E-state index in [9.17, 15) is 0 Å². The predicted molar refractivity (Wildman–Crippen MR) is 117 cm³/mol. The summed E-state index contributed by atoms with van der Waals surface area (Å²) < 4.78 is 17.1. The molecule has 0 fully saturated rings. The summed E-state index contributed by atoms with van der Waals surface area (Å²) in [7, 11) is 3.33. The van der Waals surface area contributed by atoms with Crippen molar-refractivity contribution < 1.29 is 14.2 Å². The van der Waals surface area contributed by atoms with E-state index in [1.807, 2.05) is 65.7 Å². The first-order chi connectivity index (χ1) is 14.7. The third-order valence-corrected chi connectivity index (χ3v) is 5.79. The second kappa shape index (κ2) is 7.58. The van der Waals surface area contributed by atoms with Crippen LogP contribution in [0.1, 0.15) is 35.4 Å². The molecule has 2 heterocycles. The Morgan fingerprint density at radius 1 is 0.967 bits per heavy atom. The van der Waals surface area contributed by atoms with Crippen molar-refractivity contribution in [1.29, 1.82) is 0 Å². The average Bonchev–Trinajstić information content (AvgIpc) is 3.25. The number of hydrogen-bond acceptors (Lipinski definition) is 5. The standard InChI is InChI=1S/C24H21ClN2O3/c1-28-18-9-6-15(7-10-18)24-27-22(20-13-17(25)8-11-23(20)30-24)14-21(26-27)16-4-3-5-19(12-16)29-2/h3-13,22,24H,14H2,1-2H3/t22-,24-/m1/s1. The van der Waals surface area contributed by atoms with E-state index < -0.39 is 0 Å². The van der Waals surface area contributed by atoms with Crippen LogP contribution in [0.25, 0.3) is 0 Å². The van der Waals surface area contributed by atoms with Gasteiger partial charge in [0.2, 0.25) is 6.23 Å². The topological polar surface area (TPSA) is 43.3 Å². The Labute approximate surface area is 180 Å². The molecule has 152 valence electrons. The Hall–Kier alpha value is -3.18. The molecule has 0 saturated heterocycles. The minimum absolute atomic E-state index is 0.0424. The van der Waals surface area contributed by atoms with E-state index in [4.69, 9.17) is 30.9 Å². The van der Waals surface area contributed by atoms with Crippen LogP contribution in [0.5, 0.6) is 17.2 Å². The summed E-state index contributed by atoms with van der Waals surface area (Å²) in [6.45, 7) is 0. The first-order valence-electron chi connectivity index (χ1n) is 9.76. The molecule has 0 saturated carbocycles. The van der Waals surface area contributed by atoms with Gasteiger partial charge in [-0.1, -0.05) is 23.7 Å². The fourth-order valence-electron chi connectivity index (χ4n) is 4.02. The summed E-state index contributed by atoms with van der Waals surface area (Å²) in [5, 5.41) is 7.71. The number of fused-ring (bicyclic) bond motifs is 3. The normalized spacial score (nSPS) is 19.4. The number of nitrogens with zero attached hydrogens (tertiary/aromatic N) is 2. The zero-order valence-corrected chi connectivity index (χ0v) is 17.5. The van der Waals surface area contributed by atoms with Crippen LogP contribution < -0.4 is 14.2 Å². The van der Waals surface area contributed by atoms with Gasteiger partial charge in [-0.15, -0.1) is 0 Å². The van der Waals surface area contributed by atoms with E-state index in [-0.39, 0.29) is 12.3 Å². The molecule has 0 N–H and O–H groups in total. The second-order valence-corrected chi connectivity index (χ2v) is 7.74. The Bertz CT molecular complexity index is 1110. The summed E-state index contributed by atoms with van der Waals surface area (Å²) in [4.78, 5) is 0. The van der Waals surface area contributed by atoms with Crippen molar-refractivity contribution in [2.75, 3.05) is 14.2 Å². The van der Waals surface area contributed by atoms with Gasteiger partial charge in [0.05, 0.1) is 26.0 Å². The fraction of sp³-hybridized carbons (Fsp3) is 0.208. The van der Waals surface area contributed by atoms with E-state index in [2.05, 4.69) is 6.07 Å². The number of halogens is 1. The molecule has 3 aromatic rings. The smallest absolute Gasteiger partial charge is 0.213 e. The van der Waals surface area contributed by atoms with Crippen LogP contribution in [-0.4, -0.2) is 24.9 Å². The lowest BCUT2D eigenvalue weighted by molar-refractivity contribution is -0.0190. The predicted octanol–water partition coefficient (Wildman–Crippen LogP) is 5.60. The molecule has 0 aliphatic carbocycles. The summed E-state index contributed by atoms with van der Waals surface area (Å²) in [5.41, 5.74) is 4.10. The molecule has 3 aromatic carbocycles. The highest BCUT2D eigenvalue weighted by Gasteiger charge is 2.41. The van der Waals surface area contributed by atoms with Crippen LogP contribution in [0.15, 0.2) is 71.8 Å². The van der Waals surface area contributed by atoms with Gasteiger partial charge in [-0.3, -0.25) is 0 Å². The van der Waals surface area contributed by atoms with E-state index in [1.54, 1.807) is 14.2 Å². The van der Waals surface area contributed by atoms with Crippen molar-refractivity contribution in [3.63, 3.8) is 0 Å². The maximum absolute atomic E-state index is 6.38. The lowest BCUT2D eigenvalue weighted by Gasteiger charge is -2.38. The molecular formula is C24H21ClN2O3. The molecule has 2 atom stereocenters. The third-order valence-electron chi connectivity index (χ3n) is 5.56. The van der Waals surface area contributed by atoms with Gasteiger partial charge >= 0.3 is 0 Å². The van der Waals surface area contributed by atoms with Crippen molar-refractivity contribution in [2.24, 2.45) is 5.10 Å². The second-order valence-electron chi connectivity index (χ2n) is 7.30. The van der Waals surface area contributed by atoms with Gasteiger partial charge in [-0.05, 0) is 54.6 Å². The van der Waals surface area contributed by atoms with Crippen LogP contribution in [0.3, 0.4) is 0 Å². The molecule has 6 heteroatoms.